The van der Waals surface area contributed by atoms with E-state index in [-0.39, 0.29) is 12.7 Å². The summed E-state index contributed by atoms with van der Waals surface area (Å²) in [6, 6.07) is 18.9. The first-order chi connectivity index (χ1) is 11.3. The van der Waals surface area contributed by atoms with E-state index in [9.17, 15) is 4.39 Å². The summed E-state index contributed by atoms with van der Waals surface area (Å²) in [5, 5.41) is 0.758. The third-order valence-electron chi connectivity index (χ3n) is 4.47. The second kappa shape index (κ2) is 7.91. The molecule has 1 fully saturated rings. The second-order valence-corrected chi connectivity index (χ2v) is 6.37. The van der Waals surface area contributed by atoms with Crippen molar-refractivity contribution in [2.45, 2.75) is 6.04 Å². The fraction of sp³-hybridized carbons (Fsp3) is 0.368. The predicted octanol–water partition coefficient (Wildman–Crippen LogP) is 4.02. The maximum Gasteiger partial charge on any atom is 0.102 e. The first kappa shape index (κ1) is 16.4. The molecule has 0 aliphatic carbocycles. The molecule has 2 nitrogen and oxygen atoms in total. The van der Waals surface area contributed by atoms with Crippen LogP contribution in [0.1, 0.15) is 17.2 Å². The van der Waals surface area contributed by atoms with Crippen molar-refractivity contribution in [3.05, 3.63) is 70.7 Å². The molecule has 0 aromatic heterocycles. The van der Waals surface area contributed by atoms with E-state index in [0.717, 1.165) is 31.2 Å². The Morgan fingerprint density at radius 3 is 2.09 bits per heavy atom. The Balaban J connectivity index is 1.83. The zero-order chi connectivity index (χ0) is 16.1. The van der Waals surface area contributed by atoms with Crippen LogP contribution in [0.4, 0.5) is 4.39 Å². The van der Waals surface area contributed by atoms with Crippen molar-refractivity contribution < 1.29 is 4.39 Å². The lowest BCUT2D eigenvalue weighted by Crippen LogP contribution is -2.48. The minimum absolute atomic E-state index is 0.223. The summed E-state index contributed by atoms with van der Waals surface area (Å²) in [6.45, 7) is 4.01. The number of hydrogen-bond acceptors (Lipinski definition) is 2. The summed E-state index contributed by atoms with van der Waals surface area (Å²) in [6.07, 6.45) is 0. The number of rotatable bonds is 5. The Morgan fingerprint density at radius 1 is 0.870 bits per heavy atom. The van der Waals surface area contributed by atoms with E-state index in [1.807, 2.05) is 18.2 Å². The fourth-order valence-electron chi connectivity index (χ4n) is 3.26. The molecular formula is C19H22ClFN2. The molecule has 1 heterocycles. The van der Waals surface area contributed by atoms with Gasteiger partial charge in [0.05, 0.1) is 6.04 Å². The first-order valence-electron chi connectivity index (χ1n) is 8.10. The van der Waals surface area contributed by atoms with E-state index in [2.05, 4.69) is 46.2 Å². The van der Waals surface area contributed by atoms with Crippen LogP contribution >= 0.6 is 11.6 Å². The highest BCUT2D eigenvalue weighted by Crippen LogP contribution is 2.30. The van der Waals surface area contributed by atoms with Gasteiger partial charge in [0.15, 0.2) is 0 Å². The molecule has 122 valence electrons. The summed E-state index contributed by atoms with van der Waals surface area (Å²) in [7, 11) is 0. The molecule has 23 heavy (non-hydrogen) atoms. The number of hydrogen-bond donors (Lipinski definition) is 0. The molecule has 2 aromatic carbocycles. The number of nitrogens with zero attached hydrogens (tertiary/aromatic N) is 2. The Bertz CT molecular complexity index is 595. The van der Waals surface area contributed by atoms with Gasteiger partial charge in [0.2, 0.25) is 0 Å². The van der Waals surface area contributed by atoms with E-state index < -0.39 is 0 Å². The van der Waals surface area contributed by atoms with E-state index in [0.29, 0.717) is 6.54 Å². The monoisotopic (exact) mass is 332 g/mol. The summed E-state index contributed by atoms with van der Waals surface area (Å²) < 4.78 is 12.5. The molecule has 0 bridgehead atoms. The van der Waals surface area contributed by atoms with Crippen molar-refractivity contribution in [3.63, 3.8) is 0 Å². The molecule has 4 heteroatoms. The van der Waals surface area contributed by atoms with Crippen molar-refractivity contribution in [1.29, 1.82) is 0 Å². The third-order valence-corrected chi connectivity index (χ3v) is 4.73. The molecule has 1 unspecified atom stereocenters. The van der Waals surface area contributed by atoms with E-state index >= 15 is 0 Å². The summed E-state index contributed by atoms with van der Waals surface area (Å²) >= 11 is 6.05. The molecule has 0 radical (unpaired) electrons. The van der Waals surface area contributed by atoms with Crippen molar-refractivity contribution in [1.82, 2.24) is 9.80 Å². The SMILES string of the molecule is FCCN1CCN(C(c2ccccc2)c2ccc(Cl)cc2)CC1. The maximum atomic E-state index is 12.5. The Kier molecular flexibility index (Phi) is 5.65. The van der Waals surface area contributed by atoms with Gasteiger partial charge in [0.25, 0.3) is 0 Å². The minimum Gasteiger partial charge on any atom is -0.298 e. The van der Waals surface area contributed by atoms with Crippen LogP contribution in [0, 0.1) is 0 Å². The zero-order valence-corrected chi connectivity index (χ0v) is 13.9. The van der Waals surface area contributed by atoms with Gasteiger partial charge in [-0.25, -0.2) is 4.39 Å². The first-order valence-corrected chi connectivity index (χ1v) is 8.48. The van der Waals surface area contributed by atoms with Crippen LogP contribution in [0.5, 0.6) is 0 Å². The van der Waals surface area contributed by atoms with Crippen LogP contribution in [-0.2, 0) is 0 Å². The van der Waals surface area contributed by atoms with Gasteiger partial charge < -0.3 is 0 Å². The van der Waals surface area contributed by atoms with Gasteiger partial charge in [-0.2, -0.15) is 0 Å². The molecule has 1 aliphatic heterocycles. The van der Waals surface area contributed by atoms with Gasteiger partial charge in [0, 0.05) is 37.7 Å². The lowest BCUT2D eigenvalue weighted by molar-refractivity contribution is 0.105. The quantitative estimate of drug-likeness (QED) is 0.816. The molecule has 0 N–H and O–H groups in total. The van der Waals surface area contributed by atoms with Gasteiger partial charge in [-0.1, -0.05) is 54.1 Å². The highest BCUT2D eigenvalue weighted by atomic mass is 35.5. The van der Waals surface area contributed by atoms with Crippen LogP contribution in [0.15, 0.2) is 54.6 Å². The molecule has 0 amide bonds. The maximum absolute atomic E-state index is 12.5. The van der Waals surface area contributed by atoms with Crippen LogP contribution in [0.3, 0.4) is 0 Å². The van der Waals surface area contributed by atoms with E-state index in [4.69, 9.17) is 11.6 Å². The lowest BCUT2D eigenvalue weighted by atomic mass is 9.96. The molecular weight excluding hydrogens is 311 g/mol. The van der Waals surface area contributed by atoms with Gasteiger partial charge in [0.1, 0.15) is 6.67 Å². The fourth-order valence-corrected chi connectivity index (χ4v) is 3.39. The Morgan fingerprint density at radius 2 is 1.48 bits per heavy atom. The largest absolute Gasteiger partial charge is 0.298 e. The van der Waals surface area contributed by atoms with Gasteiger partial charge in [-0.3, -0.25) is 9.80 Å². The van der Waals surface area contributed by atoms with E-state index in [1.54, 1.807) is 0 Å². The average Bonchev–Trinajstić information content (AvgIpc) is 2.60. The van der Waals surface area contributed by atoms with Crippen molar-refractivity contribution in [2.24, 2.45) is 0 Å². The van der Waals surface area contributed by atoms with Crippen molar-refractivity contribution >= 4 is 11.6 Å². The van der Waals surface area contributed by atoms with Crippen LogP contribution < -0.4 is 0 Å². The third kappa shape index (κ3) is 4.11. The highest BCUT2D eigenvalue weighted by molar-refractivity contribution is 6.30. The number of halogens is 2. The standard InChI is InChI=1S/C19H22ClFN2/c20-18-8-6-17(7-9-18)19(16-4-2-1-3-5-16)23-14-12-22(11-10-21)13-15-23/h1-9,19H,10-15H2. The molecule has 1 atom stereocenters. The molecule has 0 spiro atoms. The molecule has 1 aliphatic rings. The van der Waals surface area contributed by atoms with Crippen LogP contribution in [0.25, 0.3) is 0 Å². The van der Waals surface area contributed by atoms with Gasteiger partial charge in [-0.05, 0) is 23.3 Å². The average molecular weight is 333 g/mol. The highest BCUT2D eigenvalue weighted by Gasteiger charge is 2.26. The lowest BCUT2D eigenvalue weighted by Gasteiger charge is -2.39. The van der Waals surface area contributed by atoms with Crippen LogP contribution in [0.2, 0.25) is 5.02 Å². The number of piperazine rings is 1. The number of alkyl halides is 1. The second-order valence-electron chi connectivity index (χ2n) is 5.93. The van der Waals surface area contributed by atoms with E-state index in [1.165, 1.54) is 11.1 Å². The zero-order valence-electron chi connectivity index (χ0n) is 13.2. The molecule has 3 rings (SSSR count). The summed E-state index contributed by atoms with van der Waals surface area (Å²) in [5.74, 6) is 0. The Labute approximate surface area is 142 Å². The summed E-state index contributed by atoms with van der Waals surface area (Å²) in [5.41, 5.74) is 2.54. The van der Waals surface area contributed by atoms with Crippen molar-refractivity contribution in [3.8, 4) is 0 Å². The van der Waals surface area contributed by atoms with Gasteiger partial charge in [-0.15, -0.1) is 0 Å². The van der Waals surface area contributed by atoms with Gasteiger partial charge >= 0.3 is 0 Å². The molecule has 2 aromatic rings. The number of benzene rings is 2. The van der Waals surface area contributed by atoms with Crippen LogP contribution in [-0.4, -0.2) is 49.2 Å². The smallest absolute Gasteiger partial charge is 0.102 e. The normalized spacial score (nSPS) is 18.0. The predicted molar refractivity (Wildman–Crippen MR) is 93.7 cm³/mol. The molecule has 1 saturated heterocycles. The van der Waals surface area contributed by atoms with Crippen molar-refractivity contribution in [2.75, 3.05) is 39.4 Å². The topological polar surface area (TPSA) is 6.48 Å². The Hall–Kier alpha value is -1.42. The molecule has 0 saturated carbocycles. The summed E-state index contributed by atoms with van der Waals surface area (Å²) in [4.78, 5) is 4.67. The minimum atomic E-state index is -0.265.